The Morgan fingerprint density at radius 1 is 0.758 bits per heavy atom. The van der Waals surface area contributed by atoms with Gasteiger partial charge in [0.05, 0.1) is 26.7 Å². The molecule has 0 fully saturated rings. The van der Waals surface area contributed by atoms with Crippen molar-refractivity contribution in [2.75, 3.05) is 29.5 Å². The molecule has 0 amide bonds. The molecule has 0 spiro atoms. The van der Waals surface area contributed by atoms with E-state index in [0.717, 1.165) is 28.0 Å². The zero-order valence-electron chi connectivity index (χ0n) is 34.9. The number of benzene rings is 3. The fourth-order valence-corrected chi connectivity index (χ4v) is 10.2. The highest BCUT2D eigenvalue weighted by Gasteiger charge is 2.45. The van der Waals surface area contributed by atoms with Crippen molar-refractivity contribution < 1.29 is 62.1 Å². The molecule has 5 N–H and O–H groups in total. The van der Waals surface area contributed by atoms with Crippen LogP contribution in [0, 0.1) is 0 Å². The van der Waals surface area contributed by atoms with Crippen molar-refractivity contribution in [3.05, 3.63) is 113 Å². The number of anilines is 1. The molecular weight excluding hydrogens is 881 g/mol. The highest BCUT2D eigenvalue weighted by molar-refractivity contribution is 7.95. The molecule has 1 atom stereocenters. The van der Waals surface area contributed by atoms with E-state index in [2.05, 4.69) is 5.87 Å². The number of hydrogen-bond donors (Lipinski definition) is 5. The molecule has 5 rings (SSSR count). The molecule has 0 aromatic heterocycles. The van der Waals surface area contributed by atoms with Crippen LogP contribution in [-0.2, 0) is 62.2 Å². The predicted molar refractivity (Wildman–Crippen MR) is 241 cm³/mol. The first kappa shape index (κ1) is 48.6. The van der Waals surface area contributed by atoms with E-state index in [1.165, 1.54) is 12.1 Å². The van der Waals surface area contributed by atoms with Crippen molar-refractivity contribution >= 4 is 74.7 Å². The minimum Gasteiger partial charge on any atom is -0.481 e. The lowest BCUT2D eigenvalue weighted by Crippen LogP contribution is -2.28. The van der Waals surface area contributed by atoms with Crippen molar-refractivity contribution in [2.24, 2.45) is 0 Å². The topological polar surface area (TPSA) is 244 Å². The molecule has 0 bridgehead atoms. The Hall–Kier alpha value is -4.47. The lowest BCUT2D eigenvalue weighted by atomic mass is 9.81. The average Bonchev–Trinajstić information content (AvgIpc) is 3.50. The number of rotatable bonds is 19. The van der Waals surface area contributed by atoms with Crippen LogP contribution in [0.3, 0.4) is 0 Å². The normalized spacial score (nSPS) is 18.0. The molecule has 3 aromatic carbocycles. The van der Waals surface area contributed by atoms with Gasteiger partial charge in [0.2, 0.25) is 5.69 Å². The zero-order valence-corrected chi connectivity index (χ0v) is 38.2. The summed E-state index contributed by atoms with van der Waals surface area (Å²) in [5.41, 5.74) is 5.03. The summed E-state index contributed by atoms with van der Waals surface area (Å²) < 4.78 is 124. The molecule has 3 aromatic rings. The number of nitrogens with zero attached hydrogens (tertiary/aromatic N) is 2. The van der Waals surface area contributed by atoms with Crippen LogP contribution in [0.1, 0.15) is 82.1 Å². The Morgan fingerprint density at radius 3 is 1.94 bits per heavy atom. The summed E-state index contributed by atoms with van der Waals surface area (Å²) in [5.74, 6) is 1.59. The SMILES string of the molecule is C=S(=O)(O)c1ccc2c(c1)[N+](CCCCS(=O)(=O)O)=C(/C=C/C(=C/C=C1\N(CCCCS(=O)(=O)O)c3cc(S(=O)(=O)O)ccc3C1(C)C)c1ccc(CCC(=O)O)cc1)C2(C)C. The van der Waals surface area contributed by atoms with Gasteiger partial charge in [0, 0.05) is 53.9 Å². The summed E-state index contributed by atoms with van der Waals surface area (Å²) >= 11 is 0. The molecule has 0 saturated heterocycles. The summed E-state index contributed by atoms with van der Waals surface area (Å²) in [6.45, 7) is 8.41. The number of aryl methyl sites for hydroxylation is 1. The molecule has 1 unspecified atom stereocenters. The largest absolute Gasteiger partial charge is 0.481 e. The molecule has 0 saturated carbocycles. The molecule has 15 nitrogen and oxygen atoms in total. The lowest BCUT2D eigenvalue weighted by Gasteiger charge is -2.27. The summed E-state index contributed by atoms with van der Waals surface area (Å²) in [6, 6.07) is 16.6. The summed E-state index contributed by atoms with van der Waals surface area (Å²) in [5, 5.41) is 9.26. The van der Waals surface area contributed by atoms with E-state index >= 15 is 0 Å². The van der Waals surface area contributed by atoms with Gasteiger partial charge in [-0.05, 0) is 98.0 Å². The van der Waals surface area contributed by atoms with Gasteiger partial charge in [0.15, 0.2) is 5.71 Å². The number of carboxylic acids is 1. The van der Waals surface area contributed by atoms with Gasteiger partial charge in [-0.3, -0.25) is 18.5 Å². The maximum atomic E-state index is 12.7. The number of fused-ring (bicyclic) bond motifs is 2. The van der Waals surface area contributed by atoms with Gasteiger partial charge in [-0.2, -0.15) is 29.8 Å². The Labute approximate surface area is 364 Å². The van der Waals surface area contributed by atoms with E-state index in [1.807, 2.05) is 85.7 Å². The van der Waals surface area contributed by atoms with E-state index in [9.17, 15) is 57.6 Å². The van der Waals surface area contributed by atoms with Crippen LogP contribution in [0.4, 0.5) is 11.4 Å². The number of allylic oxidation sites excluding steroid dienone is 6. The monoisotopic (exact) mass is 933 g/mol. The van der Waals surface area contributed by atoms with E-state index in [1.54, 1.807) is 24.3 Å². The number of unbranched alkanes of at least 4 members (excludes halogenated alkanes) is 2. The molecule has 62 heavy (non-hydrogen) atoms. The lowest BCUT2D eigenvalue weighted by molar-refractivity contribution is -0.438. The molecule has 2 heterocycles. The second-order valence-corrected chi connectivity index (χ2v) is 22.8. The third-order valence-electron chi connectivity index (χ3n) is 11.2. The van der Waals surface area contributed by atoms with Gasteiger partial charge < -0.3 is 14.6 Å². The molecule has 0 aliphatic carbocycles. The molecule has 2 aliphatic rings. The fraction of sp³-hybridized carbons (Fsp3) is 0.372. The summed E-state index contributed by atoms with van der Waals surface area (Å²) in [4.78, 5) is 13.0. The Bertz CT molecular complexity index is 2820. The number of hydrogen-bond acceptors (Lipinski definition) is 9. The Kier molecular flexibility index (Phi) is 14.4. The second-order valence-electron chi connectivity index (χ2n) is 16.5. The van der Waals surface area contributed by atoms with E-state index in [0.29, 0.717) is 48.5 Å². The van der Waals surface area contributed by atoms with Crippen molar-refractivity contribution in [1.29, 1.82) is 0 Å². The standard InChI is InChI=1S/C43H52N2O13S4/c1-42(2)35-19-17-33(59(5,48)49)28-37(35)44(24-6-8-26-60(50,51)52)39(42)21-15-32(31-13-10-30(11-14-31)12-23-41(46)47)16-22-40-43(3,4)36-20-18-34(62(56,57)58)29-38(36)45(40)25-7-9-27-61(53,54)55/h10-11,13-22,28-29H,5-9,12,23-27H2,1-4H3,(H4-,46,47,48,49,50,51,52,53,54,55,56,57,58)/p+1. The van der Waals surface area contributed by atoms with Crippen LogP contribution in [0.25, 0.3) is 5.57 Å². The summed E-state index contributed by atoms with van der Waals surface area (Å²) in [6.07, 6.45) is 8.70. The minimum absolute atomic E-state index is 0.0574. The first-order valence-electron chi connectivity index (χ1n) is 19.7. The van der Waals surface area contributed by atoms with Gasteiger partial charge in [-0.15, -0.1) is 0 Å². The number of aliphatic carboxylic acids is 1. The van der Waals surface area contributed by atoms with Crippen LogP contribution >= 0.6 is 0 Å². The molecule has 0 radical (unpaired) electrons. The fourth-order valence-electron chi connectivity index (χ4n) is 7.98. The Balaban J connectivity index is 1.68. The van der Waals surface area contributed by atoms with Crippen molar-refractivity contribution in [3.8, 4) is 0 Å². The van der Waals surface area contributed by atoms with Gasteiger partial charge in [0.25, 0.3) is 30.4 Å². The smallest absolute Gasteiger partial charge is 0.303 e. The predicted octanol–water partition coefficient (Wildman–Crippen LogP) is 6.53. The zero-order chi connectivity index (χ0) is 46.1. The first-order valence-corrected chi connectivity index (χ1v) is 26.0. The van der Waals surface area contributed by atoms with Gasteiger partial charge in [0.1, 0.15) is 16.3 Å². The number of carbonyl (C=O) groups is 1. The van der Waals surface area contributed by atoms with Crippen molar-refractivity contribution in [1.82, 2.24) is 0 Å². The number of carboxylic acid groups (broad SMARTS) is 1. The third kappa shape index (κ3) is 11.8. The quantitative estimate of drug-likeness (QED) is 0.0282. The first-order chi connectivity index (χ1) is 28.6. The van der Waals surface area contributed by atoms with Crippen molar-refractivity contribution in [2.45, 2.75) is 86.8 Å². The van der Waals surface area contributed by atoms with Crippen LogP contribution in [0.2, 0.25) is 0 Å². The molecule has 336 valence electrons. The second kappa shape index (κ2) is 18.3. The average molecular weight is 934 g/mol. The van der Waals surface area contributed by atoms with Crippen LogP contribution < -0.4 is 4.90 Å². The van der Waals surface area contributed by atoms with Gasteiger partial charge >= 0.3 is 5.97 Å². The maximum absolute atomic E-state index is 12.7. The van der Waals surface area contributed by atoms with E-state index < -0.39 is 68.5 Å². The van der Waals surface area contributed by atoms with Crippen LogP contribution in [0.5, 0.6) is 0 Å². The summed E-state index contributed by atoms with van der Waals surface area (Å²) in [7, 11) is -16.6. The highest BCUT2D eigenvalue weighted by atomic mass is 32.2. The van der Waals surface area contributed by atoms with Gasteiger partial charge in [-0.25, -0.2) is 4.21 Å². The van der Waals surface area contributed by atoms with E-state index in [-0.39, 0.29) is 35.6 Å². The molecule has 2 aliphatic heterocycles. The molecule has 19 heteroatoms. The minimum atomic E-state index is -4.58. The third-order valence-corrected chi connectivity index (χ3v) is 14.7. The Morgan fingerprint density at radius 2 is 1.35 bits per heavy atom. The van der Waals surface area contributed by atoms with Crippen LogP contribution in [-0.4, -0.2) is 99.5 Å². The van der Waals surface area contributed by atoms with Gasteiger partial charge in [-0.1, -0.05) is 56.3 Å². The highest BCUT2D eigenvalue weighted by Crippen LogP contribution is 2.49. The van der Waals surface area contributed by atoms with Crippen LogP contribution in [0.15, 0.2) is 100 Å². The van der Waals surface area contributed by atoms with Crippen molar-refractivity contribution in [3.63, 3.8) is 0 Å². The molecular formula is C43H53N2O13S4+. The maximum Gasteiger partial charge on any atom is 0.303 e. The van der Waals surface area contributed by atoms with E-state index in [4.69, 9.17) is 0 Å².